The zero-order valence-electron chi connectivity index (χ0n) is 21.1. The van der Waals surface area contributed by atoms with Gasteiger partial charge in [-0.2, -0.15) is 0 Å². The Bertz CT molecular complexity index is 1120. The van der Waals surface area contributed by atoms with Crippen LogP contribution in [0.25, 0.3) is 0 Å². The maximum Gasteiger partial charge on any atom is 0.242 e. The molecule has 9 heteroatoms. The van der Waals surface area contributed by atoms with Crippen molar-refractivity contribution in [3.8, 4) is 0 Å². The van der Waals surface area contributed by atoms with Crippen molar-refractivity contribution in [2.75, 3.05) is 23.7 Å². The second-order valence-corrected chi connectivity index (χ2v) is 11.5. The summed E-state index contributed by atoms with van der Waals surface area (Å²) in [6.07, 6.45) is 1.52. The lowest BCUT2D eigenvalue weighted by molar-refractivity contribution is -0.140. The minimum absolute atomic E-state index is 0.0975. The smallest absolute Gasteiger partial charge is 0.242 e. The van der Waals surface area contributed by atoms with E-state index in [2.05, 4.69) is 5.32 Å². The average Bonchev–Trinajstić information content (AvgIpc) is 2.78. The van der Waals surface area contributed by atoms with Crippen molar-refractivity contribution in [1.29, 1.82) is 0 Å². The lowest BCUT2D eigenvalue weighted by atomic mass is 10.1. The highest BCUT2D eigenvalue weighted by atomic mass is 35.5. The predicted octanol–water partition coefficient (Wildman–Crippen LogP) is 4.38. The molecule has 1 atom stereocenters. The van der Waals surface area contributed by atoms with Gasteiger partial charge in [-0.3, -0.25) is 13.9 Å². The Morgan fingerprint density at radius 3 is 2.34 bits per heavy atom. The molecule has 2 rings (SSSR count). The first-order valence-electron chi connectivity index (χ1n) is 11.7. The Morgan fingerprint density at radius 2 is 1.74 bits per heavy atom. The number of amides is 2. The fraction of sp³-hybridized carbons (Fsp3) is 0.462. The summed E-state index contributed by atoms with van der Waals surface area (Å²) in [5.41, 5.74) is 2.44. The third kappa shape index (κ3) is 8.85. The number of hydrogen-bond donors (Lipinski definition) is 1. The maximum atomic E-state index is 13.3. The highest BCUT2D eigenvalue weighted by Crippen LogP contribution is 2.23. The van der Waals surface area contributed by atoms with E-state index in [1.54, 1.807) is 36.1 Å². The molecule has 0 spiro atoms. The molecule has 0 aliphatic heterocycles. The van der Waals surface area contributed by atoms with Crippen LogP contribution in [0.4, 0.5) is 5.69 Å². The molecule has 0 unspecified atom stereocenters. The van der Waals surface area contributed by atoms with Gasteiger partial charge in [0.1, 0.15) is 6.04 Å². The van der Waals surface area contributed by atoms with Crippen LogP contribution in [-0.2, 0) is 26.2 Å². The van der Waals surface area contributed by atoms with Gasteiger partial charge in [0, 0.05) is 31.1 Å². The molecule has 0 heterocycles. The van der Waals surface area contributed by atoms with Gasteiger partial charge in [0.15, 0.2) is 0 Å². The molecule has 0 fully saturated rings. The van der Waals surface area contributed by atoms with Gasteiger partial charge in [0.05, 0.1) is 11.9 Å². The van der Waals surface area contributed by atoms with Gasteiger partial charge in [-0.25, -0.2) is 8.42 Å². The Hall–Kier alpha value is -2.58. The van der Waals surface area contributed by atoms with Gasteiger partial charge in [-0.05, 0) is 55.5 Å². The molecule has 0 saturated carbocycles. The third-order valence-corrected chi connectivity index (χ3v) is 7.13. The van der Waals surface area contributed by atoms with E-state index in [1.807, 2.05) is 45.0 Å². The normalized spacial score (nSPS) is 12.3. The maximum absolute atomic E-state index is 13.3. The number of nitrogens with zero attached hydrogens (tertiary/aromatic N) is 2. The SMILES string of the molecule is Cc1ccccc1CN(C(=O)CCCN(c1cccc(Cl)c1)S(C)(=O)=O)[C@H](C)C(=O)NCC(C)C. The van der Waals surface area contributed by atoms with Crippen molar-refractivity contribution in [3.05, 3.63) is 64.7 Å². The number of anilines is 1. The first-order chi connectivity index (χ1) is 16.4. The molecule has 0 saturated heterocycles. The fourth-order valence-electron chi connectivity index (χ4n) is 3.64. The van der Waals surface area contributed by atoms with Gasteiger partial charge in [-0.1, -0.05) is 55.8 Å². The number of halogens is 1. The molecule has 0 radical (unpaired) electrons. The Labute approximate surface area is 214 Å². The summed E-state index contributed by atoms with van der Waals surface area (Å²) >= 11 is 6.04. The standard InChI is InChI=1S/C26H36ClN3O4S/c1-19(2)17-28-26(32)21(4)29(18-22-11-7-6-10-20(22)3)25(31)14-9-15-30(35(5,33)34)24-13-8-12-23(27)16-24/h6-8,10-13,16,19,21H,9,14-15,17-18H2,1-5H3,(H,28,32)/t21-/m1/s1. The lowest BCUT2D eigenvalue weighted by Gasteiger charge is -2.30. The quantitative estimate of drug-likeness (QED) is 0.449. The number of nitrogens with one attached hydrogen (secondary N) is 1. The van der Waals surface area contributed by atoms with Crippen LogP contribution in [0.5, 0.6) is 0 Å². The fourth-order valence-corrected chi connectivity index (χ4v) is 4.78. The van der Waals surface area contributed by atoms with E-state index in [9.17, 15) is 18.0 Å². The molecule has 35 heavy (non-hydrogen) atoms. The highest BCUT2D eigenvalue weighted by molar-refractivity contribution is 7.92. The minimum atomic E-state index is -3.57. The first kappa shape index (κ1) is 28.7. The summed E-state index contributed by atoms with van der Waals surface area (Å²) < 4.78 is 26.0. The molecule has 2 aromatic rings. The molecule has 0 aliphatic rings. The number of carbonyl (C=O) groups excluding carboxylic acids is 2. The van der Waals surface area contributed by atoms with Crippen LogP contribution >= 0.6 is 11.6 Å². The Balaban J connectivity index is 2.17. The van der Waals surface area contributed by atoms with Crippen LogP contribution in [0.3, 0.4) is 0 Å². The number of rotatable bonds is 12. The number of sulfonamides is 1. The summed E-state index contributed by atoms with van der Waals surface area (Å²) in [4.78, 5) is 27.7. The van der Waals surface area contributed by atoms with Crippen molar-refractivity contribution < 1.29 is 18.0 Å². The monoisotopic (exact) mass is 521 g/mol. The third-order valence-electron chi connectivity index (χ3n) is 5.70. The van der Waals surface area contributed by atoms with Crippen LogP contribution in [0.2, 0.25) is 5.02 Å². The molecular formula is C26H36ClN3O4S. The molecule has 192 valence electrons. The van der Waals surface area contributed by atoms with E-state index < -0.39 is 16.1 Å². The molecule has 0 aliphatic carbocycles. The largest absolute Gasteiger partial charge is 0.354 e. The number of carbonyl (C=O) groups is 2. The molecule has 1 N–H and O–H groups in total. The summed E-state index contributed by atoms with van der Waals surface area (Å²) in [5, 5.41) is 3.33. The van der Waals surface area contributed by atoms with E-state index in [-0.39, 0.29) is 24.8 Å². The van der Waals surface area contributed by atoms with Gasteiger partial charge < -0.3 is 10.2 Å². The lowest BCUT2D eigenvalue weighted by Crippen LogP contribution is -2.48. The zero-order valence-corrected chi connectivity index (χ0v) is 22.7. The summed E-state index contributed by atoms with van der Waals surface area (Å²) in [7, 11) is -3.57. The molecule has 2 aromatic carbocycles. The van der Waals surface area contributed by atoms with E-state index in [1.165, 1.54) is 4.31 Å². The van der Waals surface area contributed by atoms with Crippen molar-refractivity contribution in [1.82, 2.24) is 10.2 Å². The number of aryl methyl sites for hydroxylation is 1. The molecule has 2 amide bonds. The number of hydrogen-bond acceptors (Lipinski definition) is 4. The Morgan fingerprint density at radius 1 is 1.06 bits per heavy atom. The van der Waals surface area contributed by atoms with Crippen LogP contribution in [0.1, 0.15) is 44.7 Å². The summed E-state index contributed by atoms with van der Waals surface area (Å²) in [5.74, 6) is -0.127. The second kappa shape index (κ2) is 12.9. The molecule has 0 aromatic heterocycles. The van der Waals surface area contributed by atoms with Gasteiger partial charge in [0.2, 0.25) is 21.8 Å². The van der Waals surface area contributed by atoms with E-state index in [0.29, 0.717) is 36.1 Å². The van der Waals surface area contributed by atoms with Crippen LogP contribution < -0.4 is 9.62 Å². The van der Waals surface area contributed by atoms with E-state index >= 15 is 0 Å². The van der Waals surface area contributed by atoms with Crippen molar-refractivity contribution in [2.24, 2.45) is 5.92 Å². The number of benzene rings is 2. The van der Waals surface area contributed by atoms with Crippen LogP contribution in [-0.4, -0.2) is 50.5 Å². The predicted molar refractivity (Wildman–Crippen MR) is 142 cm³/mol. The molecule has 7 nitrogen and oxygen atoms in total. The summed E-state index contributed by atoms with van der Waals surface area (Å²) in [6.45, 7) is 8.65. The van der Waals surface area contributed by atoms with Gasteiger partial charge in [-0.15, -0.1) is 0 Å². The molecular weight excluding hydrogens is 486 g/mol. The van der Waals surface area contributed by atoms with E-state index in [0.717, 1.165) is 17.4 Å². The summed E-state index contributed by atoms with van der Waals surface area (Å²) in [6, 6.07) is 13.7. The first-order valence-corrected chi connectivity index (χ1v) is 14.0. The average molecular weight is 522 g/mol. The topological polar surface area (TPSA) is 86.8 Å². The minimum Gasteiger partial charge on any atom is -0.354 e. The van der Waals surface area contributed by atoms with E-state index in [4.69, 9.17) is 11.6 Å². The van der Waals surface area contributed by atoms with Crippen molar-refractivity contribution >= 4 is 39.1 Å². The van der Waals surface area contributed by atoms with Gasteiger partial charge >= 0.3 is 0 Å². The Kier molecular flexibility index (Phi) is 10.6. The van der Waals surface area contributed by atoms with Gasteiger partial charge in [0.25, 0.3) is 0 Å². The molecule has 0 bridgehead atoms. The van der Waals surface area contributed by atoms with Crippen LogP contribution in [0.15, 0.2) is 48.5 Å². The second-order valence-electron chi connectivity index (χ2n) is 9.18. The highest BCUT2D eigenvalue weighted by Gasteiger charge is 2.27. The van der Waals surface area contributed by atoms with Crippen LogP contribution in [0, 0.1) is 12.8 Å². The van der Waals surface area contributed by atoms with Crippen molar-refractivity contribution in [3.63, 3.8) is 0 Å². The van der Waals surface area contributed by atoms with Crippen molar-refractivity contribution in [2.45, 2.75) is 53.1 Å². The zero-order chi connectivity index (χ0) is 26.2.